The summed E-state index contributed by atoms with van der Waals surface area (Å²) >= 11 is 0. The maximum Gasteiger partial charge on any atom is 0.307 e. The molecule has 1 rings (SSSR count). The summed E-state index contributed by atoms with van der Waals surface area (Å²) in [6.45, 7) is 3.08. The van der Waals surface area contributed by atoms with Crippen molar-refractivity contribution in [3.63, 3.8) is 0 Å². The Morgan fingerprint density at radius 2 is 2.46 bits per heavy atom. The number of carbonyl (C=O) groups excluding carboxylic acids is 1. The highest BCUT2D eigenvalue weighted by atomic mass is 16.5. The second kappa shape index (κ2) is 5.35. The molecule has 0 saturated carbocycles. The van der Waals surface area contributed by atoms with E-state index in [9.17, 15) is 4.79 Å². The molecule has 0 aliphatic rings. The van der Waals surface area contributed by atoms with Crippen molar-refractivity contribution in [2.45, 2.75) is 26.3 Å². The summed E-state index contributed by atoms with van der Waals surface area (Å²) in [4.78, 5) is 11.0. The highest BCUT2D eigenvalue weighted by molar-refractivity contribution is 5.69. The molecule has 0 fully saturated rings. The Morgan fingerprint density at radius 1 is 1.62 bits per heavy atom. The minimum absolute atomic E-state index is 0.155. The van der Waals surface area contributed by atoms with Crippen molar-refractivity contribution < 1.29 is 9.53 Å². The van der Waals surface area contributed by atoms with Crippen LogP contribution in [0.15, 0.2) is 18.5 Å². The third-order valence-corrected chi connectivity index (χ3v) is 1.57. The lowest BCUT2D eigenvalue weighted by molar-refractivity contribution is -0.143. The number of esters is 1. The van der Waals surface area contributed by atoms with Gasteiger partial charge in [-0.15, -0.1) is 0 Å². The molecule has 0 N–H and O–H groups in total. The van der Waals surface area contributed by atoms with E-state index in [0.717, 1.165) is 6.42 Å². The fourth-order valence-electron chi connectivity index (χ4n) is 0.927. The quantitative estimate of drug-likeness (QED) is 0.643. The Bertz CT molecular complexity index is 244. The predicted molar refractivity (Wildman–Crippen MR) is 48.1 cm³/mol. The summed E-state index contributed by atoms with van der Waals surface area (Å²) in [6.07, 6.45) is 4.78. The van der Waals surface area contributed by atoms with Gasteiger partial charge in [0.25, 0.3) is 0 Å². The van der Waals surface area contributed by atoms with Crippen LogP contribution in [-0.4, -0.2) is 22.4 Å². The average Bonchev–Trinajstić information content (AvgIpc) is 2.64. The van der Waals surface area contributed by atoms with Crippen molar-refractivity contribution in [1.82, 2.24) is 9.78 Å². The molecule has 1 aromatic rings. The van der Waals surface area contributed by atoms with E-state index in [1.807, 2.05) is 19.2 Å². The number of hydrogen-bond acceptors (Lipinski definition) is 3. The predicted octanol–water partition coefficient (Wildman–Crippen LogP) is 1.23. The molecular formula is C9H14N2O2. The summed E-state index contributed by atoms with van der Waals surface area (Å²) in [5.41, 5.74) is 0. The monoisotopic (exact) mass is 182 g/mol. The smallest absolute Gasteiger partial charge is 0.307 e. The number of aryl methyl sites for hydroxylation is 1. The molecule has 0 amide bonds. The zero-order valence-electron chi connectivity index (χ0n) is 7.77. The fraction of sp³-hybridized carbons (Fsp3) is 0.556. The molecule has 4 nitrogen and oxygen atoms in total. The van der Waals surface area contributed by atoms with Gasteiger partial charge in [-0.3, -0.25) is 9.48 Å². The number of carbonyl (C=O) groups is 1. The van der Waals surface area contributed by atoms with Gasteiger partial charge in [0.2, 0.25) is 0 Å². The van der Waals surface area contributed by atoms with Crippen LogP contribution in [0, 0.1) is 0 Å². The third-order valence-electron chi connectivity index (χ3n) is 1.57. The first-order chi connectivity index (χ1) is 6.33. The molecule has 0 atom stereocenters. The van der Waals surface area contributed by atoms with E-state index in [1.54, 1.807) is 10.9 Å². The van der Waals surface area contributed by atoms with Gasteiger partial charge in [0, 0.05) is 12.4 Å². The van der Waals surface area contributed by atoms with E-state index < -0.39 is 0 Å². The normalized spacial score (nSPS) is 9.92. The third kappa shape index (κ3) is 3.73. The Labute approximate surface area is 77.5 Å². The minimum Gasteiger partial charge on any atom is -0.466 e. The number of nitrogens with zero attached hydrogens (tertiary/aromatic N) is 2. The first kappa shape index (κ1) is 9.77. The Morgan fingerprint density at radius 3 is 3.08 bits per heavy atom. The molecule has 13 heavy (non-hydrogen) atoms. The zero-order chi connectivity index (χ0) is 9.52. The molecular weight excluding hydrogens is 168 g/mol. The van der Waals surface area contributed by atoms with Crippen molar-refractivity contribution in [2.24, 2.45) is 0 Å². The van der Waals surface area contributed by atoms with Crippen LogP contribution in [0.5, 0.6) is 0 Å². The van der Waals surface area contributed by atoms with E-state index in [-0.39, 0.29) is 5.97 Å². The lowest BCUT2D eigenvalue weighted by Crippen LogP contribution is -2.09. The van der Waals surface area contributed by atoms with Crippen LogP contribution < -0.4 is 0 Å². The van der Waals surface area contributed by atoms with E-state index >= 15 is 0 Å². The van der Waals surface area contributed by atoms with Gasteiger partial charge in [-0.25, -0.2) is 0 Å². The molecule has 1 aromatic heterocycles. The van der Waals surface area contributed by atoms with Crippen LogP contribution in [-0.2, 0) is 16.1 Å². The maximum atomic E-state index is 11.0. The first-order valence-corrected chi connectivity index (χ1v) is 4.46. The number of hydrogen-bond donors (Lipinski definition) is 0. The molecule has 0 spiro atoms. The van der Waals surface area contributed by atoms with E-state index in [4.69, 9.17) is 4.74 Å². The Hall–Kier alpha value is -1.32. The number of aromatic nitrogens is 2. The second-order valence-electron chi connectivity index (χ2n) is 2.74. The Balaban J connectivity index is 2.15. The summed E-state index contributed by atoms with van der Waals surface area (Å²) in [5, 5.41) is 3.98. The van der Waals surface area contributed by atoms with Crippen LogP contribution in [0.4, 0.5) is 0 Å². The van der Waals surface area contributed by atoms with Crippen molar-refractivity contribution in [3.05, 3.63) is 18.5 Å². The lowest BCUT2D eigenvalue weighted by Gasteiger charge is -2.02. The van der Waals surface area contributed by atoms with Gasteiger partial charge < -0.3 is 4.74 Å². The fourth-order valence-corrected chi connectivity index (χ4v) is 0.927. The molecule has 1 heterocycles. The summed E-state index contributed by atoms with van der Waals surface area (Å²) < 4.78 is 6.62. The zero-order valence-corrected chi connectivity index (χ0v) is 7.77. The van der Waals surface area contributed by atoms with Crippen LogP contribution in [0.1, 0.15) is 19.8 Å². The SMILES string of the molecule is CCCOC(=O)CCn1cccn1. The minimum atomic E-state index is -0.155. The first-order valence-electron chi connectivity index (χ1n) is 4.46. The van der Waals surface area contributed by atoms with Crippen molar-refractivity contribution in [2.75, 3.05) is 6.61 Å². The molecule has 0 aromatic carbocycles. The van der Waals surface area contributed by atoms with Gasteiger partial charge in [0.15, 0.2) is 0 Å². The average molecular weight is 182 g/mol. The molecule has 0 radical (unpaired) electrons. The van der Waals surface area contributed by atoms with Gasteiger partial charge in [-0.2, -0.15) is 5.10 Å². The van der Waals surface area contributed by atoms with Crippen LogP contribution in [0.25, 0.3) is 0 Å². The van der Waals surface area contributed by atoms with E-state index in [0.29, 0.717) is 19.6 Å². The van der Waals surface area contributed by atoms with E-state index in [2.05, 4.69) is 5.10 Å². The van der Waals surface area contributed by atoms with Gasteiger partial charge >= 0.3 is 5.97 Å². The summed E-state index contributed by atoms with van der Waals surface area (Å²) in [7, 11) is 0. The second-order valence-corrected chi connectivity index (χ2v) is 2.74. The topological polar surface area (TPSA) is 44.1 Å². The van der Waals surface area contributed by atoms with E-state index in [1.165, 1.54) is 0 Å². The standard InChI is InChI=1S/C9H14N2O2/c1-2-8-13-9(12)4-7-11-6-3-5-10-11/h3,5-6H,2,4,7-8H2,1H3. The largest absolute Gasteiger partial charge is 0.466 e. The highest BCUT2D eigenvalue weighted by Gasteiger charge is 2.01. The van der Waals surface area contributed by atoms with Gasteiger partial charge in [-0.1, -0.05) is 6.92 Å². The van der Waals surface area contributed by atoms with Crippen molar-refractivity contribution in [1.29, 1.82) is 0 Å². The van der Waals surface area contributed by atoms with Crippen LogP contribution in [0.3, 0.4) is 0 Å². The summed E-state index contributed by atoms with van der Waals surface area (Å²) in [6, 6.07) is 1.83. The summed E-state index contributed by atoms with van der Waals surface area (Å²) in [5.74, 6) is -0.155. The maximum absolute atomic E-state index is 11.0. The number of rotatable bonds is 5. The lowest BCUT2D eigenvalue weighted by atomic mass is 10.4. The molecule has 4 heteroatoms. The van der Waals surface area contributed by atoms with Crippen LogP contribution >= 0.6 is 0 Å². The van der Waals surface area contributed by atoms with Crippen LogP contribution in [0.2, 0.25) is 0 Å². The molecule has 0 aliphatic heterocycles. The molecule has 0 aliphatic carbocycles. The molecule has 72 valence electrons. The molecule has 0 saturated heterocycles. The molecule has 0 unspecified atom stereocenters. The van der Waals surface area contributed by atoms with Crippen molar-refractivity contribution in [3.8, 4) is 0 Å². The van der Waals surface area contributed by atoms with Gasteiger partial charge in [0.1, 0.15) is 0 Å². The Kier molecular flexibility index (Phi) is 4.02. The van der Waals surface area contributed by atoms with Crippen molar-refractivity contribution >= 4 is 5.97 Å². The van der Waals surface area contributed by atoms with Gasteiger partial charge in [0.05, 0.1) is 19.6 Å². The molecule has 0 bridgehead atoms. The van der Waals surface area contributed by atoms with Gasteiger partial charge in [-0.05, 0) is 12.5 Å². The number of ether oxygens (including phenoxy) is 1. The highest BCUT2D eigenvalue weighted by Crippen LogP contribution is 1.93.